The highest BCUT2D eigenvalue weighted by Crippen LogP contribution is 2.29. The van der Waals surface area contributed by atoms with Gasteiger partial charge in [-0.2, -0.15) is 0 Å². The van der Waals surface area contributed by atoms with Gasteiger partial charge >= 0.3 is 0 Å². The predicted molar refractivity (Wildman–Crippen MR) is 128 cm³/mol. The molecule has 174 valence electrons. The molecule has 1 unspecified atom stereocenters. The van der Waals surface area contributed by atoms with E-state index in [-0.39, 0.29) is 17.8 Å². The fourth-order valence-electron chi connectivity index (χ4n) is 3.97. The van der Waals surface area contributed by atoms with E-state index in [2.05, 4.69) is 10.2 Å². The molecule has 32 heavy (non-hydrogen) atoms. The van der Waals surface area contributed by atoms with Crippen molar-refractivity contribution < 1.29 is 13.9 Å². The lowest BCUT2D eigenvalue weighted by atomic mass is 10.0. The molecule has 3 rings (SSSR count). The van der Waals surface area contributed by atoms with Crippen LogP contribution in [-0.4, -0.2) is 57.2 Å². The number of piperazine rings is 1. The van der Waals surface area contributed by atoms with Crippen molar-refractivity contribution in [1.82, 2.24) is 10.2 Å². The molecule has 0 spiro atoms. The number of methoxy groups -OCH3 is 1. The fraction of sp³-hybridized carbons (Fsp3) is 0.458. The second-order valence-electron chi connectivity index (χ2n) is 7.98. The number of amides is 1. The molecule has 8 heteroatoms. The smallest absolute Gasteiger partial charge is 0.223 e. The third-order valence-corrected chi connectivity index (χ3v) is 6.40. The molecule has 1 aliphatic rings. The Labute approximate surface area is 199 Å². The van der Waals surface area contributed by atoms with Crippen LogP contribution in [0.2, 0.25) is 10.0 Å². The summed E-state index contributed by atoms with van der Waals surface area (Å²) in [7, 11) is 1.66. The van der Waals surface area contributed by atoms with Gasteiger partial charge in [0.1, 0.15) is 5.82 Å². The number of halogens is 3. The molecule has 1 amide bonds. The van der Waals surface area contributed by atoms with Crippen molar-refractivity contribution in [3.05, 3.63) is 63.4 Å². The molecule has 0 saturated carbocycles. The van der Waals surface area contributed by atoms with E-state index in [4.69, 9.17) is 27.9 Å². The summed E-state index contributed by atoms with van der Waals surface area (Å²) in [6.07, 6.45) is 0.991. The second-order valence-corrected chi connectivity index (χ2v) is 8.82. The Morgan fingerprint density at radius 3 is 2.59 bits per heavy atom. The van der Waals surface area contributed by atoms with Crippen LogP contribution in [0.15, 0.2) is 36.4 Å². The van der Waals surface area contributed by atoms with E-state index in [1.807, 2.05) is 24.0 Å². The molecule has 1 N–H and O–H groups in total. The van der Waals surface area contributed by atoms with Crippen LogP contribution in [0, 0.1) is 5.82 Å². The van der Waals surface area contributed by atoms with Crippen LogP contribution in [-0.2, 0) is 16.0 Å². The van der Waals surface area contributed by atoms with Gasteiger partial charge in [0.15, 0.2) is 0 Å². The van der Waals surface area contributed by atoms with Gasteiger partial charge in [0.2, 0.25) is 5.91 Å². The number of carbonyl (C=O) groups excluding carboxylic acids is 1. The molecule has 1 fully saturated rings. The molecule has 1 saturated heterocycles. The molecule has 2 aromatic rings. The first-order valence-corrected chi connectivity index (χ1v) is 11.6. The highest BCUT2D eigenvalue weighted by Gasteiger charge is 2.24. The maximum atomic E-state index is 14.0. The minimum atomic E-state index is -0.251. The summed E-state index contributed by atoms with van der Waals surface area (Å²) in [5, 5.41) is 4.55. The highest BCUT2D eigenvalue weighted by molar-refractivity contribution is 6.35. The monoisotopic (exact) mass is 481 g/mol. The van der Waals surface area contributed by atoms with E-state index >= 15 is 0 Å². The average molecular weight is 482 g/mol. The first-order valence-electron chi connectivity index (χ1n) is 10.9. The average Bonchev–Trinajstić information content (AvgIpc) is 2.78. The molecule has 0 aliphatic carbocycles. The van der Waals surface area contributed by atoms with Crippen LogP contribution < -0.4 is 10.2 Å². The van der Waals surface area contributed by atoms with Gasteiger partial charge < -0.3 is 19.9 Å². The van der Waals surface area contributed by atoms with Crippen molar-refractivity contribution in [2.45, 2.75) is 25.8 Å². The number of hydrogen-bond donors (Lipinski definition) is 1. The van der Waals surface area contributed by atoms with Gasteiger partial charge in [-0.25, -0.2) is 4.39 Å². The number of rotatable bonds is 9. The van der Waals surface area contributed by atoms with Crippen LogP contribution in [0.3, 0.4) is 0 Å². The lowest BCUT2D eigenvalue weighted by Crippen LogP contribution is -2.49. The number of nitrogens with zero attached hydrogens (tertiary/aromatic N) is 2. The van der Waals surface area contributed by atoms with Crippen molar-refractivity contribution >= 4 is 34.8 Å². The molecule has 0 radical (unpaired) electrons. The zero-order valence-corrected chi connectivity index (χ0v) is 20.1. The van der Waals surface area contributed by atoms with Crippen LogP contribution >= 0.6 is 23.2 Å². The van der Waals surface area contributed by atoms with E-state index in [1.165, 1.54) is 6.07 Å². The third-order valence-electron chi connectivity index (χ3n) is 5.81. The van der Waals surface area contributed by atoms with Crippen molar-refractivity contribution in [3.8, 4) is 0 Å². The summed E-state index contributed by atoms with van der Waals surface area (Å²) in [4.78, 5) is 16.8. The molecule has 1 heterocycles. The van der Waals surface area contributed by atoms with Gasteiger partial charge in [-0.05, 0) is 54.8 Å². The Balaban J connectivity index is 1.57. The van der Waals surface area contributed by atoms with Crippen LogP contribution in [0.25, 0.3) is 0 Å². The Hall–Kier alpha value is -1.86. The normalized spacial score (nSPS) is 15.2. The van der Waals surface area contributed by atoms with Gasteiger partial charge in [0.25, 0.3) is 0 Å². The Bertz CT molecular complexity index is 920. The SMILES string of the molecule is COCCNC(C)c1cc(F)ccc1N1CCN(C(=O)CCc2ccc(Cl)cc2Cl)CC1. The van der Waals surface area contributed by atoms with Crippen LogP contribution in [0.5, 0.6) is 0 Å². The van der Waals surface area contributed by atoms with Gasteiger partial charge in [0.05, 0.1) is 6.61 Å². The number of hydrogen-bond acceptors (Lipinski definition) is 4. The summed E-state index contributed by atoms with van der Waals surface area (Å²) >= 11 is 12.2. The Morgan fingerprint density at radius 1 is 1.16 bits per heavy atom. The topological polar surface area (TPSA) is 44.8 Å². The predicted octanol–water partition coefficient (Wildman–Crippen LogP) is 4.71. The van der Waals surface area contributed by atoms with E-state index in [0.29, 0.717) is 62.2 Å². The molecule has 2 aromatic carbocycles. The number of carbonyl (C=O) groups is 1. The lowest BCUT2D eigenvalue weighted by Gasteiger charge is -2.37. The first kappa shape index (κ1) is 24.8. The molecule has 1 aliphatic heterocycles. The summed E-state index contributed by atoms with van der Waals surface area (Å²) in [5.41, 5.74) is 2.84. The van der Waals surface area contributed by atoms with E-state index in [9.17, 15) is 9.18 Å². The number of nitrogens with one attached hydrogen (secondary N) is 1. The summed E-state index contributed by atoms with van der Waals surface area (Å²) in [6.45, 7) is 5.98. The maximum absolute atomic E-state index is 14.0. The standard InChI is InChI=1S/C24H30Cl2FN3O2/c1-17(28-9-14-32-2)21-16-20(27)6-7-23(21)29-10-12-30(13-11-29)24(31)8-4-18-3-5-19(25)15-22(18)26/h3,5-7,15-17,28H,4,8-14H2,1-2H3. The maximum Gasteiger partial charge on any atom is 0.223 e. The molecular formula is C24H30Cl2FN3O2. The van der Waals surface area contributed by atoms with Crippen LogP contribution in [0.1, 0.15) is 30.5 Å². The van der Waals surface area contributed by atoms with Gasteiger partial charge in [-0.15, -0.1) is 0 Å². The highest BCUT2D eigenvalue weighted by atomic mass is 35.5. The van der Waals surface area contributed by atoms with Gasteiger partial charge in [-0.1, -0.05) is 29.3 Å². The molecule has 5 nitrogen and oxygen atoms in total. The minimum absolute atomic E-state index is 0.0142. The van der Waals surface area contributed by atoms with Crippen molar-refractivity contribution in [1.29, 1.82) is 0 Å². The first-order chi connectivity index (χ1) is 15.4. The van der Waals surface area contributed by atoms with Crippen LogP contribution in [0.4, 0.5) is 10.1 Å². The van der Waals surface area contributed by atoms with Crippen molar-refractivity contribution in [3.63, 3.8) is 0 Å². The van der Waals surface area contributed by atoms with E-state index < -0.39 is 0 Å². The van der Waals surface area contributed by atoms with Gasteiger partial charge in [0, 0.05) is 68.0 Å². The zero-order valence-electron chi connectivity index (χ0n) is 18.5. The number of ether oxygens (including phenoxy) is 1. The second kappa shape index (κ2) is 11.8. The summed E-state index contributed by atoms with van der Waals surface area (Å²) in [6, 6.07) is 10.3. The molecule has 0 aromatic heterocycles. The van der Waals surface area contributed by atoms with E-state index in [1.54, 1.807) is 25.3 Å². The summed E-state index contributed by atoms with van der Waals surface area (Å²) < 4.78 is 19.1. The van der Waals surface area contributed by atoms with E-state index in [0.717, 1.165) is 16.8 Å². The number of anilines is 1. The molecular weight excluding hydrogens is 452 g/mol. The minimum Gasteiger partial charge on any atom is -0.383 e. The quantitative estimate of drug-likeness (QED) is 0.526. The third kappa shape index (κ3) is 6.58. The van der Waals surface area contributed by atoms with Crippen molar-refractivity contribution in [2.24, 2.45) is 0 Å². The molecule has 1 atom stereocenters. The fourth-order valence-corrected chi connectivity index (χ4v) is 4.47. The number of aryl methyl sites for hydroxylation is 1. The van der Waals surface area contributed by atoms with Crippen molar-refractivity contribution in [2.75, 3.05) is 51.3 Å². The Kier molecular flexibility index (Phi) is 9.17. The Morgan fingerprint density at radius 2 is 1.91 bits per heavy atom. The largest absolute Gasteiger partial charge is 0.383 e. The molecule has 0 bridgehead atoms. The lowest BCUT2D eigenvalue weighted by molar-refractivity contribution is -0.131. The summed E-state index contributed by atoms with van der Waals surface area (Å²) in [5.74, 6) is -0.136. The zero-order chi connectivity index (χ0) is 23.1. The van der Waals surface area contributed by atoms with Gasteiger partial charge in [-0.3, -0.25) is 4.79 Å². The number of benzene rings is 2.